The summed E-state index contributed by atoms with van der Waals surface area (Å²) in [7, 11) is 0. The zero-order valence-corrected chi connectivity index (χ0v) is 17.4. The Bertz CT molecular complexity index is 669. The highest BCUT2D eigenvalue weighted by Gasteiger charge is 2.26. The van der Waals surface area contributed by atoms with Gasteiger partial charge in [0.1, 0.15) is 5.60 Å². The highest BCUT2D eigenvalue weighted by molar-refractivity contribution is 5.92. The van der Waals surface area contributed by atoms with E-state index in [1.807, 2.05) is 32.9 Å². The first-order valence-corrected chi connectivity index (χ1v) is 10.4. The first kappa shape index (κ1) is 20.6. The fourth-order valence-electron chi connectivity index (χ4n) is 3.44. The highest BCUT2D eigenvalue weighted by Crippen LogP contribution is 2.27. The second-order valence-corrected chi connectivity index (χ2v) is 8.87. The molecule has 0 unspecified atom stereocenters. The average Bonchev–Trinajstić information content (AvgIpc) is 2.58. The molecule has 28 heavy (non-hydrogen) atoms. The van der Waals surface area contributed by atoms with Gasteiger partial charge in [-0.3, -0.25) is 9.69 Å². The molecule has 6 heteroatoms. The van der Waals surface area contributed by atoms with E-state index in [-0.39, 0.29) is 17.9 Å². The van der Waals surface area contributed by atoms with Gasteiger partial charge in [0.05, 0.1) is 0 Å². The standard InChI is InChI=1S/C22H33N3O3/c1-22(2,3)28-21(27)25-15-13-24(14-16-25)12-11-17-7-9-19(10-8-17)23-20(26)18-5-4-6-18/h7-10,18H,4-6,11-16H2,1-3H3,(H,23,26). The first-order valence-electron chi connectivity index (χ1n) is 10.4. The van der Waals surface area contributed by atoms with Crippen LogP contribution < -0.4 is 5.32 Å². The van der Waals surface area contributed by atoms with Gasteiger partial charge in [0.2, 0.25) is 5.91 Å². The van der Waals surface area contributed by atoms with E-state index in [4.69, 9.17) is 4.74 Å². The zero-order chi connectivity index (χ0) is 20.1. The molecule has 0 radical (unpaired) electrons. The number of carbonyl (C=O) groups is 2. The molecule has 154 valence electrons. The van der Waals surface area contributed by atoms with Crippen LogP contribution in [0.15, 0.2) is 24.3 Å². The van der Waals surface area contributed by atoms with Gasteiger partial charge in [0.15, 0.2) is 0 Å². The topological polar surface area (TPSA) is 61.9 Å². The van der Waals surface area contributed by atoms with Gasteiger partial charge < -0.3 is 15.0 Å². The summed E-state index contributed by atoms with van der Waals surface area (Å²) in [6, 6.07) is 8.17. The number of anilines is 1. The van der Waals surface area contributed by atoms with E-state index in [9.17, 15) is 9.59 Å². The number of amides is 2. The van der Waals surface area contributed by atoms with Crippen molar-refractivity contribution in [1.82, 2.24) is 9.80 Å². The smallest absolute Gasteiger partial charge is 0.410 e. The predicted molar refractivity (Wildman–Crippen MR) is 110 cm³/mol. The van der Waals surface area contributed by atoms with Gasteiger partial charge in [-0.1, -0.05) is 18.6 Å². The molecule has 3 rings (SSSR count). The van der Waals surface area contributed by atoms with E-state index in [0.717, 1.165) is 44.6 Å². The number of nitrogens with one attached hydrogen (secondary N) is 1. The van der Waals surface area contributed by atoms with Crippen molar-refractivity contribution in [2.24, 2.45) is 5.92 Å². The lowest BCUT2D eigenvalue weighted by Gasteiger charge is -2.35. The minimum atomic E-state index is -0.447. The minimum absolute atomic E-state index is 0.154. The molecular formula is C22H33N3O3. The SMILES string of the molecule is CC(C)(C)OC(=O)N1CCN(CCc2ccc(NC(=O)C3CCC3)cc2)CC1. The summed E-state index contributed by atoms with van der Waals surface area (Å²) in [5, 5.41) is 3.01. The number of nitrogens with zero attached hydrogens (tertiary/aromatic N) is 2. The van der Waals surface area contributed by atoms with Gasteiger partial charge in [0, 0.05) is 44.3 Å². The lowest BCUT2D eigenvalue weighted by molar-refractivity contribution is -0.122. The van der Waals surface area contributed by atoms with Crippen LogP contribution in [0.25, 0.3) is 0 Å². The molecule has 0 aromatic heterocycles. The Morgan fingerprint density at radius 1 is 1.07 bits per heavy atom. The van der Waals surface area contributed by atoms with Crippen LogP contribution >= 0.6 is 0 Å². The number of rotatable bonds is 5. The first-order chi connectivity index (χ1) is 13.3. The summed E-state index contributed by atoms with van der Waals surface area (Å²) < 4.78 is 5.44. The summed E-state index contributed by atoms with van der Waals surface area (Å²) in [5.74, 6) is 0.362. The van der Waals surface area contributed by atoms with Crippen LogP contribution in [0.2, 0.25) is 0 Å². The van der Waals surface area contributed by atoms with Gasteiger partial charge in [-0.2, -0.15) is 0 Å². The molecule has 1 heterocycles. The summed E-state index contributed by atoms with van der Waals surface area (Å²) >= 11 is 0. The average molecular weight is 388 g/mol. The maximum atomic E-state index is 12.1. The zero-order valence-electron chi connectivity index (χ0n) is 17.4. The molecule has 6 nitrogen and oxygen atoms in total. The Hall–Kier alpha value is -2.08. The van der Waals surface area contributed by atoms with Crippen molar-refractivity contribution in [2.45, 2.75) is 52.1 Å². The monoisotopic (exact) mass is 387 g/mol. The molecule has 2 aliphatic rings. The van der Waals surface area contributed by atoms with Crippen molar-refractivity contribution in [3.05, 3.63) is 29.8 Å². The molecule has 2 amide bonds. The molecule has 2 fully saturated rings. The van der Waals surface area contributed by atoms with Crippen LogP contribution in [0.5, 0.6) is 0 Å². The Balaban J connectivity index is 1.38. The summed E-state index contributed by atoms with van der Waals surface area (Å²) in [4.78, 5) is 28.3. The maximum absolute atomic E-state index is 12.1. The number of piperazine rings is 1. The quantitative estimate of drug-likeness (QED) is 0.840. The van der Waals surface area contributed by atoms with Crippen molar-refractivity contribution < 1.29 is 14.3 Å². The second kappa shape index (κ2) is 8.95. The highest BCUT2D eigenvalue weighted by atomic mass is 16.6. The van der Waals surface area contributed by atoms with Crippen LogP contribution in [0.1, 0.15) is 45.6 Å². The maximum Gasteiger partial charge on any atom is 0.410 e. The van der Waals surface area contributed by atoms with Crippen molar-refractivity contribution in [2.75, 3.05) is 38.0 Å². The third kappa shape index (κ3) is 5.96. The van der Waals surface area contributed by atoms with Crippen molar-refractivity contribution in [1.29, 1.82) is 0 Å². The van der Waals surface area contributed by atoms with Crippen LogP contribution in [-0.4, -0.2) is 60.1 Å². The molecular weight excluding hydrogens is 354 g/mol. The Morgan fingerprint density at radius 3 is 2.25 bits per heavy atom. The van der Waals surface area contributed by atoms with Crippen LogP contribution in [-0.2, 0) is 16.0 Å². The molecule has 0 atom stereocenters. The van der Waals surface area contributed by atoms with Gasteiger partial charge in [-0.05, 0) is 57.7 Å². The fourth-order valence-corrected chi connectivity index (χ4v) is 3.44. The van der Waals surface area contributed by atoms with Gasteiger partial charge in [0.25, 0.3) is 0 Å². The Labute approximate surface area is 168 Å². The second-order valence-electron chi connectivity index (χ2n) is 8.87. The minimum Gasteiger partial charge on any atom is -0.444 e. The van der Waals surface area contributed by atoms with Crippen LogP contribution in [0.4, 0.5) is 10.5 Å². The van der Waals surface area contributed by atoms with E-state index >= 15 is 0 Å². The van der Waals surface area contributed by atoms with E-state index in [1.54, 1.807) is 4.90 Å². The van der Waals surface area contributed by atoms with E-state index in [2.05, 4.69) is 22.3 Å². The number of benzene rings is 1. The van der Waals surface area contributed by atoms with Crippen LogP contribution in [0.3, 0.4) is 0 Å². The number of carbonyl (C=O) groups excluding carboxylic acids is 2. The number of hydrogen-bond donors (Lipinski definition) is 1. The molecule has 1 saturated carbocycles. The van der Waals surface area contributed by atoms with Gasteiger partial charge in [-0.15, -0.1) is 0 Å². The molecule has 1 aromatic carbocycles. The van der Waals surface area contributed by atoms with Crippen molar-refractivity contribution in [3.63, 3.8) is 0 Å². The molecule has 0 bridgehead atoms. The molecule has 1 aliphatic heterocycles. The molecule has 1 N–H and O–H groups in total. The fraction of sp³-hybridized carbons (Fsp3) is 0.636. The summed E-state index contributed by atoms with van der Waals surface area (Å²) in [5.41, 5.74) is 1.69. The van der Waals surface area contributed by atoms with Gasteiger partial charge in [-0.25, -0.2) is 4.79 Å². The lowest BCUT2D eigenvalue weighted by atomic mass is 9.85. The van der Waals surface area contributed by atoms with Crippen molar-refractivity contribution in [3.8, 4) is 0 Å². The number of ether oxygens (including phenoxy) is 1. The van der Waals surface area contributed by atoms with E-state index < -0.39 is 5.60 Å². The molecule has 1 aliphatic carbocycles. The third-order valence-corrected chi connectivity index (χ3v) is 5.44. The normalized spacial score (nSPS) is 18.5. The Morgan fingerprint density at radius 2 is 1.71 bits per heavy atom. The predicted octanol–water partition coefficient (Wildman–Crippen LogP) is 3.52. The summed E-state index contributed by atoms with van der Waals surface area (Å²) in [6.45, 7) is 9.81. The molecule has 0 spiro atoms. The van der Waals surface area contributed by atoms with E-state index in [1.165, 1.54) is 12.0 Å². The molecule has 1 aromatic rings. The summed E-state index contributed by atoms with van der Waals surface area (Å²) in [6.07, 6.45) is 3.95. The number of hydrogen-bond acceptors (Lipinski definition) is 4. The Kier molecular flexibility index (Phi) is 6.60. The molecule has 1 saturated heterocycles. The van der Waals surface area contributed by atoms with E-state index in [0.29, 0.717) is 13.1 Å². The van der Waals surface area contributed by atoms with Crippen molar-refractivity contribution >= 4 is 17.7 Å². The van der Waals surface area contributed by atoms with Gasteiger partial charge >= 0.3 is 6.09 Å². The van der Waals surface area contributed by atoms with Crippen LogP contribution in [0, 0.1) is 5.92 Å². The lowest BCUT2D eigenvalue weighted by Crippen LogP contribution is -2.50. The third-order valence-electron chi connectivity index (χ3n) is 5.44. The largest absolute Gasteiger partial charge is 0.444 e.